The monoisotopic (exact) mass is 799 g/mol. The van der Waals surface area contributed by atoms with Crippen molar-refractivity contribution in [2.45, 2.75) is 40.8 Å². The summed E-state index contributed by atoms with van der Waals surface area (Å²) in [5, 5.41) is 4.08. The molecule has 0 fully saturated rings. The normalized spacial score (nSPS) is 11.9. The van der Waals surface area contributed by atoms with Crippen LogP contribution in [0.5, 0.6) is 0 Å². The number of hydrogen-bond acceptors (Lipinski definition) is 0. The summed E-state index contributed by atoms with van der Waals surface area (Å²) in [4.78, 5) is 4.00. The molecule has 0 N–H and O–H groups in total. The molecule has 6 heteroatoms. The van der Waals surface area contributed by atoms with Crippen molar-refractivity contribution in [2.24, 2.45) is 0 Å². The van der Waals surface area contributed by atoms with E-state index in [1.807, 2.05) is 30.3 Å². The number of alkyl halides is 3. The quantitative estimate of drug-likeness (QED) is 0.154. The molecule has 0 aliphatic carbocycles. The lowest BCUT2D eigenvalue weighted by Crippen LogP contribution is -2.09. The maximum absolute atomic E-state index is 15.0. The summed E-state index contributed by atoms with van der Waals surface area (Å²) in [7, 11) is 0. The average molecular weight is 800 g/mol. The van der Waals surface area contributed by atoms with E-state index in [2.05, 4.69) is 139 Å². The molecule has 2 heterocycles. The zero-order valence-corrected chi connectivity index (χ0v) is 34.4. The molecule has 0 amide bonds. The van der Waals surface area contributed by atoms with Gasteiger partial charge in [0, 0.05) is 21.5 Å². The fourth-order valence-electron chi connectivity index (χ4n) is 9.55. The molecule has 0 saturated carbocycles. The van der Waals surface area contributed by atoms with Crippen LogP contribution in [0.15, 0.2) is 152 Å². The van der Waals surface area contributed by atoms with E-state index >= 15 is 0 Å². The van der Waals surface area contributed by atoms with Gasteiger partial charge in [0.25, 0.3) is 0 Å². The van der Waals surface area contributed by atoms with Crippen LogP contribution in [0.25, 0.3) is 93.2 Å². The highest BCUT2D eigenvalue weighted by molar-refractivity contribution is 6.13. The van der Waals surface area contributed by atoms with E-state index in [9.17, 15) is 13.2 Å². The number of aromatic nitrogens is 2. The van der Waals surface area contributed by atoms with Crippen LogP contribution in [0.4, 0.5) is 18.9 Å². The van der Waals surface area contributed by atoms with Crippen LogP contribution >= 0.6 is 0 Å². The Morgan fingerprint density at radius 3 is 1.43 bits per heavy atom. The van der Waals surface area contributed by atoms with E-state index in [-0.39, 0.29) is 16.8 Å². The lowest BCUT2D eigenvalue weighted by molar-refractivity contribution is -0.137. The second-order valence-electron chi connectivity index (χ2n) is 16.3. The highest BCUT2D eigenvalue weighted by Gasteiger charge is 2.35. The van der Waals surface area contributed by atoms with Gasteiger partial charge in [-0.1, -0.05) is 120 Å². The van der Waals surface area contributed by atoms with Gasteiger partial charge >= 0.3 is 6.18 Å². The molecule has 0 unspecified atom stereocenters. The van der Waals surface area contributed by atoms with Crippen molar-refractivity contribution in [1.29, 1.82) is 0 Å². The van der Waals surface area contributed by atoms with Crippen LogP contribution in [0.3, 0.4) is 0 Å². The van der Waals surface area contributed by atoms with Gasteiger partial charge in [-0.15, -0.1) is 0 Å². The molecule has 0 bridgehead atoms. The summed E-state index contributed by atoms with van der Waals surface area (Å²) >= 11 is 0. The van der Waals surface area contributed by atoms with Gasteiger partial charge in [0.15, 0.2) is 5.69 Å². The van der Waals surface area contributed by atoms with Crippen molar-refractivity contribution < 1.29 is 13.2 Å². The van der Waals surface area contributed by atoms with Gasteiger partial charge in [-0.25, -0.2) is 4.85 Å². The second-order valence-corrected chi connectivity index (χ2v) is 16.3. The van der Waals surface area contributed by atoms with Crippen LogP contribution in [-0.2, 0) is 6.18 Å². The van der Waals surface area contributed by atoms with E-state index in [0.717, 1.165) is 83.1 Å². The number of fused-ring (bicyclic) bond motifs is 6. The van der Waals surface area contributed by atoms with E-state index in [1.165, 1.54) is 17.2 Å². The molecular weight excluding hydrogens is 760 g/mol. The van der Waals surface area contributed by atoms with Gasteiger partial charge in [-0.3, -0.25) is 0 Å². The van der Waals surface area contributed by atoms with Gasteiger partial charge in [-0.05, 0) is 127 Å². The smallest absolute Gasteiger partial charge is 0.308 e. The van der Waals surface area contributed by atoms with Crippen LogP contribution in [0.1, 0.15) is 33.4 Å². The third-order valence-electron chi connectivity index (χ3n) is 12.3. The first-order chi connectivity index (χ1) is 29.4. The highest BCUT2D eigenvalue weighted by Crippen LogP contribution is 2.47. The lowest BCUT2D eigenvalue weighted by atomic mass is 9.92. The number of aryl methyl sites for hydroxylation is 5. The maximum Gasteiger partial charge on any atom is 0.416 e. The molecule has 10 aromatic rings. The SMILES string of the molecule is [C-]#[N+]c1cc(-n2c3ccccc3c3ccc(-c4ccc(C)cc4C)cc32)c(-n2c3ccccc3c3ccc(-c4ccc(C)cc4C)cc32)cc1-c1c(C)cccc1C(F)(F)F. The van der Waals surface area contributed by atoms with Crippen LogP contribution in [0.2, 0.25) is 0 Å². The number of rotatable bonds is 5. The molecule has 0 saturated heterocycles. The summed E-state index contributed by atoms with van der Waals surface area (Å²) in [6.07, 6.45) is -4.65. The number of hydrogen-bond donors (Lipinski definition) is 0. The molecule has 3 nitrogen and oxygen atoms in total. The zero-order valence-electron chi connectivity index (χ0n) is 34.4. The Kier molecular flexibility index (Phi) is 8.78. The van der Waals surface area contributed by atoms with Crippen LogP contribution in [0, 0.1) is 41.2 Å². The first-order valence-electron chi connectivity index (χ1n) is 20.4. The summed E-state index contributed by atoms with van der Waals surface area (Å²) in [5.41, 5.74) is 14.0. The van der Waals surface area contributed by atoms with Crippen LogP contribution < -0.4 is 0 Å². The average Bonchev–Trinajstić information content (AvgIpc) is 3.75. The van der Waals surface area contributed by atoms with Gasteiger partial charge in [0.05, 0.1) is 45.6 Å². The van der Waals surface area contributed by atoms with Crippen molar-refractivity contribution in [3.8, 4) is 44.8 Å². The van der Waals surface area contributed by atoms with E-state index < -0.39 is 11.7 Å². The minimum absolute atomic E-state index is 0.00453. The molecule has 0 radical (unpaired) electrons. The molecule has 0 aliphatic rings. The Hall–Kier alpha value is -7.36. The third-order valence-corrected chi connectivity index (χ3v) is 12.3. The molecule has 8 aromatic carbocycles. The van der Waals surface area contributed by atoms with Crippen molar-refractivity contribution in [3.05, 3.63) is 196 Å². The number of halogens is 3. The second kappa shape index (κ2) is 14.1. The van der Waals surface area contributed by atoms with E-state index in [4.69, 9.17) is 6.57 Å². The molecule has 0 atom stereocenters. The van der Waals surface area contributed by atoms with Crippen molar-refractivity contribution >= 4 is 49.3 Å². The van der Waals surface area contributed by atoms with Crippen molar-refractivity contribution in [3.63, 3.8) is 0 Å². The zero-order chi connectivity index (χ0) is 42.3. The molecular formula is C55H40F3N3. The predicted octanol–water partition coefficient (Wildman–Crippen LogP) is 16.0. The minimum Gasteiger partial charge on any atom is -0.308 e. The third kappa shape index (κ3) is 6.11. The molecule has 10 rings (SSSR count). The summed E-state index contributed by atoms with van der Waals surface area (Å²) < 4.78 is 49.4. The van der Waals surface area contributed by atoms with E-state index in [0.29, 0.717) is 16.9 Å². The largest absolute Gasteiger partial charge is 0.416 e. The molecule has 61 heavy (non-hydrogen) atoms. The Labute approximate surface area is 352 Å². The van der Waals surface area contributed by atoms with Gasteiger partial charge in [0.2, 0.25) is 0 Å². The van der Waals surface area contributed by atoms with Gasteiger partial charge < -0.3 is 9.13 Å². The Bertz CT molecular complexity index is 3480. The fourth-order valence-corrected chi connectivity index (χ4v) is 9.55. The number of nitrogens with zero attached hydrogens (tertiary/aromatic N) is 3. The molecule has 2 aromatic heterocycles. The minimum atomic E-state index is -4.65. The van der Waals surface area contributed by atoms with Crippen LogP contribution in [-0.4, -0.2) is 9.13 Å². The predicted molar refractivity (Wildman–Crippen MR) is 246 cm³/mol. The Morgan fingerprint density at radius 2 is 0.934 bits per heavy atom. The van der Waals surface area contributed by atoms with Crippen molar-refractivity contribution in [1.82, 2.24) is 9.13 Å². The summed E-state index contributed by atoms with van der Waals surface area (Å²) in [6.45, 7) is 18.7. The summed E-state index contributed by atoms with van der Waals surface area (Å²) in [5.74, 6) is 0. The Morgan fingerprint density at radius 1 is 0.443 bits per heavy atom. The number of para-hydroxylation sites is 2. The summed E-state index contributed by atoms with van der Waals surface area (Å²) in [6, 6.07) is 50.2. The van der Waals surface area contributed by atoms with Crippen molar-refractivity contribution in [2.75, 3.05) is 0 Å². The molecule has 0 spiro atoms. The highest BCUT2D eigenvalue weighted by atomic mass is 19.4. The molecule has 296 valence electrons. The van der Waals surface area contributed by atoms with Gasteiger partial charge in [0.1, 0.15) is 0 Å². The maximum atomic E-state index is 15.0. The first kappa shape index (κ1) is 37.9. The number of benzene rings is 8. The Balaban J connectivity index is 1.38. The topological polar surface area (TPSA) is 14.2 Å². The van der Waals surface area contributed by atoms with Gasteiger partial charge in [-0.2, -0.15) is 13.2 Å². The fraction of sp³-hybridized carbons (Fsp3) is 0.109. The van der Waals surface area contributed by atoms with E-state index in [1.54, 1.807) is 19.1 Å². The standard InChI is InChI=1S/C55H40F3N3/c1-32-18-22-39(35(4)26-32)37-20-24-43-41-13-7-9-16-48(41)60(50(43)28-37)52-30-45(54-34(3)12-11-15-46(54)55(56,57)58)47(59-6)31-53(52)61-49-17-10-8-14-42(49)44-25-21-38(29-51(44)61)40-23-19-33(2)27-36(40)5/h7-31H,1-5H3. The lowest BCUT2D eigenvalue weighted by Gasteiger charge is -2.22. The first-order valence-corrected chi connectivity index (χ1v) is 20.4. The molecule has 0 aliphatic heterocycles.